The molecule has 3 rings (SSSR count). The third-order valence-electron chi connectivity index (χ3n) is 2.71. The number of halogens is 1. The van der Waals surface area contributed by atoms with Crippen LogP contribution in [-0.4, -0.2) is 43.2 Å². The van der Waals surface area contributed by atoms with Gasteiger partial charge in [0, 0.05) is 24.8 Å². The van der Waals surface area contributed by atoms with E-state index in [1.165, 1.54) is 11.8 Å². The van der Waals surface area contributed by atoms with Crippen LogP contribution >= 0.6 is 23.4 Å². The third-order valence-corrected chi connectivity index (χ3v) is 3.86. The summed E-state index contributed by atoms with van der Waals surface area (Å²) in [6.07, 6.45) is 5.94. The van der Waals surface area contributed by atoms with Crippen LogP contribution in [0.2, 0.25) is 5.28 Å². The maximum Gasteiger partial charge on any atom is 0.255 e. The highest BCUT2D eigenvalue weighted by atomic mass is 35.5. The first kappa shape index (κ1) is 12.8. The first-order chi connectivity index (χ1) is 9.31. The fourth-order valence-electron chi connectivity index (χ4n) is 1.82. The van der Waals surface area contributed by atoms with E-state index in [0.717, 1.165) is 25.2 Å². The quantitative estimate of drug-likeness (QED) is 0.804. The molecule has 1 atom stereocenters. The summed E-state index contributed by atoms with van der Waals surface area (Å²) in [7, 11) is 0. The number of ether oxygens (including phenoxy) is 1. The van der Waals surface area contributed by atoms with Crippen molar-refractivity contribution in [2.24, 2.45) is 0 Å². The van der Waals surface area contributed by atoms with E-state index in [2.05, 4.69) is 20.1 Å². The smallest absolute Gasteiger partial charge is 0.255 e. The summed E-state index contributed by atoms with van der Waals surface area (Å²) in [4.78, 5) is 12.5. The van der Waals surface area contributed by atoms with Crippen LogP contribution in [-0.2, 0) is 4.74 Å². The van der Waals surface area contributed by atoms with Crippen molar-refractivity contribution in [2.75, 3.05) is 12.4 Å². The Morgan fingerprint density at radius 2 is 2.37 bits per heavy atom. The molecular formula is C11H12ClN5OS. The summed E-state index contributed by atoms with van der Waals surface area (Å²) in [6, 6.07) is 1.80. The van der Waals surface area contributed by atoms with Crippen molar-refractivity contribution in [3.05, 3.63) is 23.7 Å². The SMILES string of the molecule is Clc1nc(SCC2CCCO2)nc(-n2cccn2)n1. The second-order valence-corrected chi connectivity index (χ2v) is 5.41. The molecule has 2 aromatic rings. The summed E-state index contributed by atoms with van der Waals surface area (Å²) in [5, 5.41) is 4.85. The summed E-state index contributed by atoms with van der Waals surface area (Å²) >= 11 is 7.44. The lowest BCUT2D eigenvalue weighted by Gasteiger charge is -2.08. The van der Waals surface area contributed by atoms with Crippen molar-refractivity contribution in [1.29, 1.82) is 0 Å². The summed E-state index contributed by atoms with van der Waals surface area (Å²) in [6.45, 7) is 0.849. The predicted molar refractivity (Wildman–Crippen MR) is 71.7 cm³/mol. The van der Waals surface area contributed by atoms with Crippen molar-refractivity contribution in [1.82, 2.24) is 24.7 Å². The van der Waals surface area contributed by atoms with Gasteiger partial charge in [0.05, 0.1) is 6.10 Å². The average Bonchev–Trinajstić information content (AvgIpc) is 3.09. The van der Waals surface area contributed by atoms with Crippen LogP contribution in [0.3, 0.4) is 0 Å². The highest BCUT2D eigenvalue weighted by Gasteiger charge is 2.17. The van der Waals surface area contributed by atoms with Gasteiger partial charge in [-0.1, -0.05) is 11.8 Å². The van der Waals surface area contributed by atoms with E-state index in [9.17, 15) is 0 Å². The van der Waals surface area contributed by atoms with E-state index in [-0.39, 0.29) is 11.4 Å². The molecule has 1 unspecified atom stereocenters. The van der Waals surface area contributed by atoms with E-state index >= 15 is 0 Å². The molecule has 0 saturated carbocycles. The summed E-state index contributed by atoms with van der Waals surface area (Å²) in [5.74, 6) is 1.26. The highest BCUT2D eigenvalue weighted by molar-refractivity contribution is 7.99. The van der Waals surface area contributed by atoms with Gasteiger partial charge in [-0.05, 0) is 30.5 Å². The normalized spacial score (nSPS) is 18.9. The number of aromatic nitrogens is 5. The molecule has 0 amide bonds. The largest absolute Gasteiger partial charge is 0.377 e. The maximum absolute atomic E-state index is 5.91. The van der Waals surface area contributed by atoms with Gasteiger partial charge >= 0.3 is 0 Å². The van der Waals surface area contributed by atoms with Crippen LogP contribution in [0, 0.1) is 0 Å². The van der Waals surface area contributed by atoms with Gasteiger partial charge in [-0.15, -0.1) is 0 Å². The molecule has 1 aliphatic rings. The van der Waals surface area contributed by atoms with E-state index in [4.69, 9.17) is 16.3 Å². The second-order valence-electron chi connectivity index (χ2n) is 4.08. The standard InChI is InChI=1S/C11H12ClN5OS/c12-9-14-10(17-5-2-4-13-17)16-11(15-9)19-7-8-3-1-6-18-8/h2,4-5,8H,1,3,6-7H2. The Balaban J connectivity index is 1.74. The zero-order chi connectivity index (χ0) is 13.1. The minimum Gasteiger partial charge on any atom is -0.377 e. The van der Waals surface area contributed by atoms with E-state index in [1.54, 1.807) is 23.1 Å². The molecule has 6 nitrogen and oxygen atoms in total. The average molecular weight is 298 g/mol. The molecule has 0 spiro atoms. The van der Waals surface area contributed by atoms with Crippen molar-refractivity contribution >= 4 is 23.4 Å². The van der Waals surface area contributed by atoms with Crippen LogP contribution in [0.5, 0.6) is 0 Å². The van der Waals surface area contributed by atoms with Crippen molar-refractivity contribution in [2.45, 2.75) is 24.1 Å². The lowest BCUT2D eigenvalue weighted by molar-refractivity contribution is 0.129. The molecule has 2 aromatic heterocycles. The molecule has 0 aromatic carbocycles. The molecule has 19 heavy (non-hydrogen) atoms. The highest BCUT2D eigenvalue weighted by Crippen LogP contribution is 2.22. The molecular weight excluding hydrogens is 286 g/mol. The van der Waals surface area contributed by atoms with E-state index in [0.29, 0.717) is 11.1 Å². The lowest BCUT2D eigenvalue weighted by atomic mass is 10.3. The molecule has 0 aliphatic carbocycles. The molecule has 100 valence electrons. The third kappa shape index (κ3) is 3.23. The fraction of sp³-hybridized carbons (Fsp3) is 0.455. The Morgan fingerprint density at radius 1 is 1.42 bits per heavy atom. The summed E-state index contributed by atoms with van der Waals surface area (Å²) in [5.41, 5.74) is 0. The Kier molecular flexibility index (Phi) is 3.95. The van der Waals surface area contributed by atoms with Crippen LogP contribution in [0.1, 0.15) is 12.8 Å². The Labute approximate surface area is 119 Å². The van der Waals surface area contributed by atoms with Gasteiger partial charge in [0.25, 0.3) is 5.95 Å². The first-order valence-electron chi connectivity index (χ1n) is 5.97. The zero-order valence-electron chi connectivity index (χ0n) is 10.1. The first-order valence-corrected chi connectivity index (χ1v) is 7.33. The van der Waals surface area contributed by atoms with Gasteiger partial charge < -0.3 is 4.74 Å². The van der Waals surface area contributed by atoms with Crippen LogP contribution in [0.15, 0.2) is 23.6 Å². The van der Waals surface area contributed by atoms with Crippen molar-refractivity contribution in [3.63, 3.8) is 0 Å². The minimum atomic E-state index is 0.176. The van der Waals surface area contributed by atoms with Crippen LogP contribution in [0.4, 0.5) is 0 Å². The number of hydrogen-bond acceptors (Lipinski definition) is 6. The number of thioether (sulfide) groups is 1. The topological polar surface area (TPSA) is 65.7 Å². The van der Waals surface area contributed by atoms with Crippen LogP contribution < -0.4 is 0 Å². The molecule has 1 fully saturated rings. The molecule has 8 heteroatoms. The maximum atomic E-state index is 5.91. The minimum absolute atomic E-state index is 0.176. The Hall–Kier alpha value is -1.18. The van der Waals surface area contributed by atoms with Gasteiger partial charge in [0.2, 0.25) is 5.28 Å². The van der Waals surface area contributed by atoms with Crippen molar-refractivity contribution < 1.29 is 4.74 Å². The van der Waals surface area contributed by atoms with Gasteiger partial charge in [0.15, 0.2) is 5.16 Å². The predicted octanol–water partition coefficient (Wildman–Crippen LogP) is 1.98. The molecule has 0 N–H and O–H groups in total. The molecule has 3 heterocycles. The second kappa shape index (κ2) is 5.85. The fourth-order valence-corrected chi connectivity index (χ4v) is 2.92. The molecule has 0 radical (unpaired) electrons. The number of nitrogens with zero attached hydrogens (tertiary/aromatic N) is 5. The van der Waals surface area contributed by atoms with Gasteiger partial charge in [-0.2, -0.15) is 20.1 Å². The molecule has 1 aliphatic heterocycles. The Bertz CT molecular complexity index is 544. The van der Waals surface area contributed by atoms with Gasteiger partial charge in [0.1, 0.15) is 0 Å². The molecule has 1 saturated heterocycles. The van der Waals surface area contributed by atoms with E-state index < -0.39 is 0 Å². The van der Waals surface area contributed by atoms with Crippen molar-refractivity contribution in [3.8, 4) is 5.95 Å². The van der Waals surface area contributed by atoms with Gasteiger partial charge in [-0.25, -0.2) is 4.68 Å². The zero-order valence-corrected chi connectivity index (χ0v) is 11.6. The molecule has 0 bridgehead atoms. The van der Waals surface area contributed by atoms with E-state index in [1.807, 2.05) is 0 Å². The number of hydrogen-bond donors (Lipinski definition) is 0. The Morgan fingerprint density at radius 3 is 3.11 bits per heavy atom. The summed E-state index contributed by atoms with van der Waals surface area (Å²) < 4.78 is 7.12. The monoisotopic (exact) mass is 297 g/mol. The van der Waals surface area contributed by atoms with Crippen LogP contribution in [0.25, 0.3) is 5.95 Å². The number of rotatable bonds is 4. The lowest BCUT2D eigenvalue weighted by Crippen LogP contribution is -2.09. The van der Waals surface area contributed by atoms with Gasteiger partial charge in [-0.3, -0.25) is 0 Å².